The zero-order valence-electron chi connectivity index (χ0n) is 10.9. The molecular weight excluding hydrogens is 254 g/mol. The molecule has 0 fully saturated rings. The molecule has 0 unspecified atom stereocenters. The van der Waals surface area contributed by atoms with Crippen LogP contribution in [0.5, 0.6) is 0 Å². The average molecular weight is 269 g/mol. The van der Waals surface area contributed by atoms with E-state index in [1.165, 1.54) is 11.3 Å². The maximum atomic E-state index is 5.80. The fourth-order valence-corrected chi connectivity index (χ4v) is 2.94. The van der Waals surface area contributed by atoms with E-state index in [0.29, 0.717) is 11.0 Å². The van der Waals surface area contributed by atoms with Crippen LogP contribution in [0.25, 0.3) is 21.5 Å². The minimum atomic E-state index is 0.422. The maximum absolute atomic E-state index is 5.80. The molecule has 0 saturated heterocycles. The van der Waals surface area contributed by atoms with Crippen molar-refractivity contribution >= 4 is 26.7 Å². The standard InChI is InChI=1S/C15H15N3S/c1-9(2)11-6-4-7-12(17-11)10-5-3-8-13-14(10)19-15(16)18-13/h3-9H,1-2H3,(H2,16,18). The Balaban J connectivity index is 2.21. The average Bonchev–Trinajstić information content (AvgIpc) is 2.78. The van der Waals surface area contributed by atoms with E-state index in [9.17, 15) is 0 Å². The fraction of sp³-hybridized carbons (Fsp3) is 0.200. The highest BCUT2D eigenvalue weighted by atomic mass is 32.1. The minimum absolute atomic E-state index is 0.422. The van der Waals surface area contributed by atoms with Gasteiger partial charge in [0, 0.05) is 11.3 Å². The van der Waals surface area contributed by atoms with Gasteiger partial charge in [-0.25, -0.2) is 4.98 Å². The Morgan fingerprint density at radius 2 is 1.84 bits per heavy atom. The van der Waals surface area contributed by atoms with Crippen LogP contribution in [0, 0.1) is 0 Å². The summed E-state index contributed by atoms with van der Waals surface area (Å²) in [6, 6.07) is 12.2. The van der Waals surface area contributed by atoms with E-state index in [-0.39, 0.29) is 0 Å². The molecule has 19 heavy (non-hydrogen) atoms. The number of rotatable bonds is 2. The number of aromatic nitrogens is 2. The van der Waals surface area contributed by atoms with Gasteiger partial charge in [0.1, 0.15) is 0 Å². The molecule has 0 spiro atoms. The summed E-state index contributed by atoms with van der Waals surface area (Å²) in [6.07, 6.45) is 0. The van der Waals surface area contributed by atoms with E-state index < -0.39 is 0 Å². The first-order valence-electron chi connectivity index (χ1n) is 6.27. The topological polar surface area (TPSA) is 51.8 Å². The summed E-state index contributed by atoms with van der Waals surface area (Å²) in [7, 11) is 0. The summed E-state index contributed by atoms with van der Waals surface area (Å²) in [5, 5.41) is 0.600. The highest BCUT2D eigenvalue weighted by Crippen LogP contribution is 2.33. The van der Waals surface area contributed by atoms with Crippen LogP contribution >= 0.6 is 11.3 Å². The van der Waals surface area contributed by atoms with E-state index in [4.69, 9.17) is 10.7 Å². The zero-order chi connectivity index (χ0) is 13.4. The van der Waals surface area contributed by atoms with Crippen molar-refractivity contribution in [3.63, 3.8) is 0 Å². The Hall–Kier alpha value is -1.94. The Labute approximate surface area is 116 Å². The van der Waals surface area contributed by atoms with Gasteiger partial charge in [0.05, 0.1) is 15.9 Å². The van der Waals surface area contributed by atoms with Gasteiger partial charge in [-0.1, -0.05) is 43.4 Å². The number of hydrogen-bond donors (Lipinski definition) is 1. The van der Waals surface area contributed by atoms with Crippen LogP contribution < -0.4 is 5.73 Å². The second-order valence-corrected chi connectivity index (χ2v) is 5.84. The van der Waals surface area contributed by atoms with E-state index in [2.05, 4.69) is 37.0 Å². The first kappa shape index (κ1) is 12.1. The molecule has 0 radical (unpaired) electrons. The van der Waals surface area contributed by atoms with Crippen molar-refractivity contribution in [2.24, 2.45) is 0 Å². The molecule has 0 aliphatic rings. The summed E-state index contributed by atoms with van der Waals surface area (Å²) in [4.78, 5) is 9.07. The van der Waals surface area contributed by atoms with E-state index >= 15 is 0 Å². The highest BCUT2D eigenvalue weighted by Gasteiger charge is 2.10. The summed E-state index contributed by atoms with van der Waals surface area (Å²) >= 11 is 1.51. The second kappa shape index (κ2) is 4.63. The molecule has 3 rings (SSSR count). The third-order valence-corrected chi connectivity index (χ3v) is 4.00. The number of nitrogens with zero attached hydrogens (tertiary/aromatic N) is 2. The van der Waals surface area contributed by atoms with Gasteiger partial charge in [0.15, 0.2) is 5.13 Å². The summed E-state index contributed by atoms with van der Waals surface area (Å²) in [6.45, 7) is 4.30. The quantitative estimate of drug-likeness (QED) is 0.763. The Bertz CT molecular complexity index is 731. The molecule has 0 bridgehead atoms. The lowest BCUT2D eigenvalue weighted by Gasteiger charge is -2.07. The SMILES string of the molecule is CC(C)c1cccc(-c2cccc3nc(N)sc23)n1. The molecule has 2 heterocycles. The lowest BCUT2D eigenvalue weighted by atomic mass is 10.1. The number of hydrogen-bond acceptors (Lipinski definition) is 4. The second-order valence-electron chi connectivity index (χ2n) is 4.81. The third kappa shape index (κ3) is 2.19. The van der Waals surface area contributed by atoms with Crippen molar-refractivity contribution < 1.29 is 0 Å². The van der Waals surface area contributed by atoms with Crippen LogP contribution in [0.3, 0.4) is 0 Å². The number of fused-ring (bicyclic) bond motifs is 1. The molecule has 96 valence electrons. The van der Waals surface area contributed by atoms with Crippen LogP contribution in [0.4, 0.5) is 5.13 Å². The first-order chi connectivity index (χ1) is 9.15. The molecule has 4 heteroatoms. The van der Waals surface area contributed by atoms with Crippen molar-refractivity contribution in [2.75, 3.05) is 5.73 Å². The van der Waals surface area contributed by atoms with Crippen molar-refractivity contribution in [2.45, 2.75) is 19.8 Å². The molecule has 1 aromatic carbocycles. The lowest BCUT2D eigenvalue weighted by Crippen LogP contribution is -1.93. The van der Waals surface area contributed by atoms with Gasteiger partial charge in [-0.3, -0.25) is 4.98 Å². The molecule has 0 aliphatic carbocycles. The van der Waals surface area contributed by atoms with Gasteiger partial charge in [-0.2, -0.15) is 0 Å². The number of benzene rings is 1. The van der Waals surface area contributed by atoms with Crippen LogP contribution in [0.15, 0.2) is 36.4 Å². The predicted molar refractivity (Wildman–Crippen MR) is 81.4 cm³/mol. The molecule has 0 atom stereocenters. The van der Waals surface area contributed by atoms with Gasteiger partial charge in [-0.05, 0) is 24.1 Å². The molecule has 0 aliphatic heterocycles. The fourth-order valence-electron chi connectivity index (χ4n) is 2.09. The summed E-state index contributed by atoms with van der Waals surface area (Å²) in [5.74, 6) is 0.422. The van der Waals surface area contributed by atoms with Gasteiger partial charge in [-0.15, -0.1) is 0 Å². The van der Waals surface area contributed by atoms with Crippen LogP contribution in [-0.2, 0) is 0 Å². The largest absolute Gasteiger partial charge is 0.375 e. The van der Waals surface area contributed by atoms with Crippen molar-refractivity contribution in [3.05, 3.63) is 42.1 Å². The van der Waals surface area contributed by atoms with Gasteiger partial charge >= 0.3 is 0 Å². The van der Waals surface area contributed by atoms with Crippen LogP contribution in [0.2, 0.25) is 0 Å². The lowest BCUT2D eigenvalue weighted by molar-refractivity contribution is 0.825. The zero-order valence-corrected chi connectivity index (χ0v) is 11.7. The number of anilines is 1. The Morgan fingerprint density at radius 3 is 2.63 bits per heavy atom. The van der Waals surface area contributed by atoms with Gasteiger partial charge < -0.3 is 5.73 Å². The van der Waals surface area contributed by atoms with Crippen LogP contribution in [0.1, 0.15) is 25.5 Å². The van der Waals surface area contributed by atoms with E-state index in [1.54, 1.807) is 0 Å². The van der Waals surface area contributed by atoms with Crippen molar-refractivity contribution in [3.8, 4) is 11.3 Å². The predicted octanol–water partition coefficient (Wildman–Crippen LogP) is 4.06. The number of nitrogen functional groups attached to an aromatic ring is 1. The van der Waals surface area contributed by atoms with Gasteiger partial charge in [0.25, 0.3) is 0 Å². The smallest absolute Gasteiger partial charge is 0.181 e. The van der Waals surface area contributed by atoms with Crippen LogP contribution in [-0.4, -0.2) is 9.97 Å². The third-order valence-electron chi connectivity index (χ3n) is 3.07. The summed E-state index contributed by atoms with van der Waals surface area (Å²) < 4.78 is 1.11. The maximum Gasteiger partial charge on any atom is 0.181 e. The molecule has 3 aromatic rings. The highest BCUT2D eigenvalue weighted by molar-refractivity contribution is 7.22. The van der Waals surface area contributed by atoms with Gasteiger partial charge in [0.2, 0.25) is 0 Å². The number of pyridine rings is 1. The number of thiazole rings is 1. The Kier molecular flexibility index (Phi) is 2.95. The molecule has 2 aromatic heterocycles. The minimum Gasteiger partial charge on any atom is -0.375 e. The molecule has 0 saturated carbocycles. The van der Waals surface area contributed by atoms with Crippen molar-refractivity contribution in [1.29, 1.82) is 0 Å². The molecular formula is C15H15N3S. The monoisotopic (exact) mass is 269 g/mol. The van der Waals surface area contributed by atoms with E-state index in [1.807, 2.05) is 18.2 Å². The van der Waals surface area contributed by atoms with Crippen molar-refractivity contribution in [1.82, 2.24) is 9.97 Å². The molecule has 3 nitrogen and oxygen atoms in total. The van der Waals surface area contributed by atoms with E-state index in [0.717, 1.165) is 27.2 Å². The normalized spacial score (nSPS) is 11.3. The molecule has 0 amide bonds. The number of nitrogens with two attached hydrogens (primary N) is 1. The molecule has 2 N–H and O–H groups in total. The first-order valence-corrected chi connectivity index (χ1v) is 7.09. The Morgan fingerprint density at radius 1 is 1.05 bits per heavy atom. The summed E-state index contributed by atoms with van der Waals surface area (Å²) in [5.41, 5.74) is 9.94.